The predicted octanol–water partition coefficient (Wildman–Crippen LogP) is 3.08. The summed E-state index contributed by atoms with van der Waals surface area (Å²) in [5.74, 6) is 5.05. The lowest BCUT2D eigenvalue weighted by atomic mass is 10.1. The van der Waals surface area contributed by atoms with E-state index < -0.39 is 0 Å². The summed E-state index contributed by atoms with van der Waals surface area (Å²) in [6.45, 7) is 2.08. The minimum Gasteiger partial charge on any atom is -0.489 e. The van der Waals surface area contributed by atoms with E-state index in [9.17, 15) is 9.18 Å². The lowest BCUT2D eigenvalue weighted by molar-refractivity contribution is 0.0953. The molecule has 0 aliphatic rings. The minimum absolute atomic E-state index is 0.293. The number of aryl methyl sites for hydroxylation is 1. The highest BCUT2D eigenvalue weighted by Crippen LogP contribution is 2.23. The fourth-order valence-corrected chi connectivity index (χ4v) is 2.31. The number of nitrogen functional groups attached to an aromatic ring is 1. The van der Waals surface area contributed by atoms with Gasteiger partial charge in [-0.3, -0.25) is 10.2 Å². The second kappa shape index (κ2) is 6.69. The molecule has 6 heteroatoms. The van der Waals surface area contributed by atoms with Crippen LogP contribution in [-0.4, -0.2) is 5.91 Å². The van der Waals surface area contributed by atoms with Crippen LogP contribution in [0.4, 0.5) is 4.39 Å². The highest BCUT2D eigenvalue weighted by Gasteiger charge is 2.08. The van der Waals surface area contributed by atoms with Crippen molar-refractivity contribution in [3.63, 3.8) is 0 Å². The highest BCUT2D eigenvalue weighted by atomic mass is 79.9. The van der Waals surface area contributed by atoms with Crippen molar-refractivity contribution < 1.29 is 13.9 Å². The third-order valence-corrected chi connectivity index (χ3v) is 3.70. The number of hydrogen-bond donors (Lipinski definition) is 2. The van der Waals surface area contributed by atoms with E-state index in [-0.39, 0.29) is 11.7 Å². The lowest BCUT2D eigenvalue weighted by Crippen LogP contribution is -2.29. The number of benzene rings is 2. The van der Waals surface area contributed by atoms with Gasteiger partial charge in [0.25, 0.3) is 5.91 Å². The van der Waals surface area contributed by atoms with Gasteiger partial charge in [0.15, 0.2) is 0 Å². The first-order valence-corrected chi connectivity index (χ1v) is 6.99. The Morgan fingerprint density at radius 1 is 1.33 bits per heavy atom. The molecular weight excluding hydrogens is 339 g/mol. The molecule has 4 nitrogen and oxygen atoms in total. The van der Waals surface area contributed by atoms with Crippen LogP contribution >= 0.6 is 15.9 Å². The summed E-state index contributed by atoms with van der Waals surface area (Å²) in [7, 11) is 0. The Hall–Kier alpha value is -1.92. The highest BCUT2D eigenvalue weighted by molar-refractivity contribution is 9.10. The number of rotatable bonds is 4. The summed E-state index contributed by atoms with van der Waals surface area (Å²) in [4.78, 5) is 11.4. The van der Waals surface area contributed by atoms with Crippen molar-refractivity contribution >= 4 is 21.8 Å². The SMILES string of the molecule is Cc1cc(F)ccc1OCc1ccc(C(=O)NN)cc1Br. The Morgan fingerprint density at radius 3 is 2.71 bits per heavy atom. The molecule has 21 heavy (non-hydrogen) atoms. The maximum Gasteiger partial charge on any atom is 0.265 e. The number of nitrogens with one attached hydrogen (secondary N) is 1. The molecule has 2 rings (SSSR count). The van der Waals surface area contributed by atoms with Crippen LogP contribution in [0, 0.1) is 12.7 Å². The first-order valence-electron chi connectivity index (χ1n) is 6.19. The van der Waals surface area contributed by atoms with Gasteiger partial charge in [-0.15, -0.1) is 0 Å². The van der Waals surface area contributed by atoms with Gasteiger partial charge in [-0.2, -0.15) is 0 Å². The van der Waals surface area contributed by atoms with E-state index in [2.05, 4.69) is 21.4 Å². The van der Waals surface area contributed by atoms with Crippen LogP contribution in [0.15, 0.2) is 40.9 Å². The van der Waals surface area contributed by atoms with Crippen LogP contribution in [0.2, 0.25) is 0 Å². The summed E-state index contributed by atoms with van der Waals surface area (Å²) < 4.78 is 19.4. The third-order valence-electron chi connectivity index (χ3n) is 2.97. The Balaban J connectivity index is 2.11. The van der Waals surface area contributed by atoms with Crippen LogP contribution in [0.25, 0.3) is 0 Å². The van der Waals surface area contributed by atoms with Crippen LogP contribution in [0.5, 0.6) is 5.75 Å². The van der Waals surface area contributed by atoms with Gasteiger partial charge in [-0.1, -0.05) is 22.0 Å². The lowest BCUT2D eigenvalue weighted by Gasteiger charge is -2.11. The summed E-state index contributed by atoms with van der Waals surface area (Å²) in [5.41, 5.74) is 4.12. The largest absolute Gasteiger partial charge is 0.489 e. The molecule has 0 unspecified atom stereocenters. The smallest absolute Gasteiger partial charge is 0.265 e. The Labute approximate surface area is 130 Å². The zero-order valence-corrected chi connectivity index (χ0v) is 12.9. The average molecular weight is 353 g/mol. The Bertz CT molecular complexity index is 677. The molecule has 2 aromatic carbocycles. The summed E-state index contributed by atoms with van der Waals surface area (Å²) in [5, 5.41) is 0. The zero-order chi connectivity index (χ0) is 15.4. The molecule has 0 spiro atoms. The predicted molar refractivity (Wildman–Crippen MR) is 81.3 cm³/mol. The molecule has 0 heterocycles. The van der Waals surface area contributed by atoms with Crippen molar-refractivity contribution in [2.45, 2.75) is 13.5 Å². The molecule has 0 atom stereocenters. The monoisotopic (exact) mass is 352 g/mol. The van der Waals surface area contributed by atoms with Crippen molar-refractivity contribution in [3.05, 3.63) is 63.4 Å². The third kappa shape index (κ3) is 3.80. The summed E-state index contributed by atoms with van der Waals surface area (Å²) in [6, 6.07) is 9.45. The first kappa shape index (κ1) is 15.5. The summed E-state index contributed by atoms with van der Waals surface area (Å²) in [6.07, 6.45) is 0. The quantitative estimate of drug-likeness (QED) is 0.504. The number of nitrogens with two attached hydrogens (primary N) is 1. The number of hydrazine groups is 1. The number of carbonyl (C=O) groups excluding carboxylic acids is 1. The fourth-order valence-electron chi connectivity index (χ4n) is 1.82. The van der Waals surface area contributed by atoms with Gasteiger partial charge in [-0.05, 0) is 42.8 Å². The topological polar surface area (TPSA) is 64.3 Å². The van der Waals surface area contributed by atoms with Gasteiger partial charge in [0, 0.05) is 15.6 Å². The second-order valence-electron chi connectivity index (χ2n) is 4.48. The molecule has 0 saturated heterocycles. The molecule has 0 saturated carbocycles. The zero-order valence-electron chi connectivity index (χ0n) is 11.3. The Kier molecular flexibility index (Phi) is 4.93. The van der Waals surface area contributed by atoms with Gasteiger partial charge >= 0.3 is 0 Å². The molecule has 0 aliphatic carbocycles. The molecule has 2 aromatic rings. The Morgan fingerprint density at radius 2 is 2.10 bits per heavy atom. The van der Waals surface area contributed by atoms with Crippen LogP contribution in [-0.2, 0) is 6.61 Å². The van der Waals surface area contributed by atoms with Crippen molar-refractivity contribution in [1.29, 1.82) is 0 Å². The van der Waals surface area contributed by atoms with E-state index in [4.69, 9.17) is 10.6 Å². The first-order chi connectivity index (χ1) is 10.0. The van der Waals surface area contributed by atoms with Gasteiger partial charge in [0.05, 0.1) is 0 Å². The normalized spacial score (nSPS) is 10.3. The van der Waals surface area contributed by atoms with E-state index in [0.717, 1.165) is 15.6 Å². The van der Waals surface area contributed by atoms with Crippen LogP contribution < -0.4 is 16.0 Å². The molecule has 0 aromatic heterocycles. The van der Waals surface area contributed by atoms with Gasteiger partial charge in [-0.25, -0.2) is 10.2 Å². The van der Waals surface area contributed by atoms with E-state index in [1.165, 1.54) is 12.1 Å². The molecule has 110 valence electrons. The van der Waals surface area contributed by atoms with Crippen molar-refractivity contribution in [2.75, 3.05) is 0 Å². The van der Waals surface area contributed by atoms with Crippen molar-refractivity contribution in [1.82, 2.24) is 5.43 Å². The standard InChI is InChI=1S/C15H14BrFN2O2/c1-9-6-12(17)4-5-14(9)21-8-11-3-2-10(7-13(11)16)15(20)19-18/h2-7H,8,18H2,1H3,(H,19,20). The van der Waals surface area contributed by atoms with Crippen molar-refractivity contribution in [2.24, 2.45) is 5.84 Å². The van der Waals surface area contributed by atoms with Gasteiger partial charge in [0.1, 0.15) is 18.2 Å². The molecule has 0 fully saturated rings. The molecule has 1 amide bonds. The number of hydrogen-bond acceptors (Lipinski definition) is 3. The van der Waals surface area contributed by atoms with E-state index in [1.807, 2.05) is 0 Å². The van der Waals surface area contributed by atoms with Crippen molar-refractivity contribution in [3.8, 4) is 5.75 Å². The van der Waals surface area contributed by atoms with Crippen LogP contribution in [0.1, 0.15) is 21.5 Å². The van der Waals surface area contributed by atoms with E-state index >= 15 is 0 Å². The van der Waals surface area contributed by atoms with Gasteiger partial charge < -0.3 is 4.74 Å². The maximum absolute atomic E-state index is 13.0. The molecular formula is C15H14BrFN2O2. The van der Waals surface area contributed by atoms with Gasteiger partial charge in [0.2, 0.25) is 0 Å². The maximum atomic E-state index is 13.0. The van der Waals surface area contributed by atoms with E-state index in [0.29, 0.717) is 17.9 Å². The van der Waals surface area contributed by atoms with Crippen LogP contribution in [0.3, 0.4) is 0 Å². The molecule has 3 N–H and O–H groups in total. The summed E-state index contributed by atoms with van der Waals surface area (Å²) >= 11 is 3.39. The average Bonchev–Trinajstić information content (AvgIpc) is 2.46. The number of halogens is 2. The molecule has 0 radical (unpaired) electrons. The molecule has 0 bridgehead atoms. The number of amides is 1. The number of carbonyl (C=O) groups is 1. The number of ether oxygens (including phenoxy) is 1. The molecule has 0 aliphatic heterocycles. The second-order valence-corrected chi connectivity index (χ2v) is 5.33. The minimum atomic E-state index is -0.363. The van der Waals surface area contributed by atoms with E-state index in [1.54, 1.807) is 31.2 Å². The fraction of sp³-hybridized carbons (Fsp3) is 0.133.